The van der Waals surface area contributed by atoms with Crippen molar-refractivity contribution in [2.45, 2.75) is 11.4 Å². The van der Waals surface area contributed by atoms with E-state index < -0.39 is 26.4 Å². The van der Waals surface area contributed by atoms with Crippen LogP contribution in [0.15, 0.2) is 25.6 Å². The first-order chi connectivity index (χ1) is 9.72. The highest BCUT2D eigenvalue weighted by Crippen LogP contribution is 2.34. The Kier molecular flexibility index (Phi) is 4.73. The van der Waals surface area contributed by atoms with Gasteiger partial charge in [0.15, 0.2) is 5.82 Å². The second-order valence-electron chi connectivity index (χ2n) is 3.90. The molecular weight excluding hydrogens is 409 g/mol. The van der Waals surface area contributed by atoms with Gasteiger partial charge in [-0.2, -0.15) is 0 Å². The molecule has 1 aromatic heterocycles. The lowest BCUT2D eigenvalue weighted by molar-refractivity contribution is 0.558. The zero-order valence-electron chi connectivity index (χ0n) is 10.1. The van der Waals surface area contributed by atoms with Gasteiger partial charge in [-0.15, -0.1) is 0 Å². The van der Waals surface area contributed by atoms with Crippen molar-refractivity contribution in [2.24, 2.45) is 0 Å². The van der Waals surface area contributed by atoms with Crippen LogP contribution in [0.25, 0.3) is 0 Å². The number of rotatable bonds is 4. The van der Waals surface area contributed by atoms with Crippen LogP contribution in [0.4, 0.5) is 10.1 Å². The first-order valence-corrected chi connectivity index (χ1v) is 8.85. The minimum Gasteiger partial charge on any atom is -0.395 e. The molecule has 0 aliphatic rings. The molecule has 114 valence electrons. The summed E-state index contributed by atoms with van der Waals surface area (Å²) >= 11 is 9.64. The molecular formula is C10H8BrClFN3O3S2. The molecule has 0 unspecified atom stereocenters. The van der Waals surface area contributed by atoms with Gasteiger partial charge in [0.25, 0.3) is 0 Å². The van der Waals surface area contributed by atoms with E-state index in [1.807, 2.05) is 0 Å². The largest absolute Gasteiger partial charge is 0.395 e. The van der Waals surface area contributed by atoms with Gasteiger partial charge in [-0.05, 0) is 22.0 Å². The van der Waals surface area contributed by atoms with Gasteiger partial charge in [0.05, 0.1) is 21.7 Å². The molecule has 0 saturated heterocycles. The number of halogens is 3. The number of thiazole rings is 1. The highest BCUT2D eigenvalue weighted by Gasteiger charge is 2.24. The fourth-order valence-corrected chi connectivity index (χ4v) is 3.71. The van der Waals surface area contributed by atoms with Crippen molar-refractivity contribution in [1.82, 2.24) is 9.71 Å². The number of nitrogen functional groups attached to an aromatic ring is 1. The van der Waals surface area contributed by atoms with Crippen molar-refractivity contribution < 1.29 is 12.8 Å². The monoisotopic (exact) mass is 415 g/mol. The first-order valence-electron chi connectivity index (χ1n) is 5.31. The predicted molar refractivity (Wildman–Crippen MR) is 82.5 cm³/mol. The molecule has 2 rings (SSSR count). The van der Waals surface area contributed by atoms with Gasteiger partial charge in [-0.3, -0.25) is 4.79 Å². The van der Waals surface area contributed by atoms with E-state index in [4.69, 9.17) is 17.3 Å². The van der Waals surface area contributed by atoms with Crippen LogP contribution in [-0.2, 0) is 16.6 Å². The van der Waals surface area contributed by atoms with Gasteiger partial charge in [-0.25, -0.2) is 17.5 Å². The zero-order valence-corrected chi connectivity index (χ0v) is 14.1. The van der Waals surface area contributed by atoms with Gasteiger partial charge in [0.2, 0.25) is 10.0 Å². The number of aromatic amines is 1. The van der Waals surface area contributed by atoms with Gasteiger partial charge < -0.3 is 10.7 Å². The normalized spacial score (nSPS) is 11.8. The van der Waals surface area contributed by atoms with E-state index in [-0.39, 0.29) is 20.9 Å². The predicted octanol–water partition coefficient (Wildman–Crippen LogP) is 2.05. The first kappa shape index (κ1) is 16.4. The number of aromatic nitrogens is 1. The number of H-pyrrole nitrogens is 1. The van der Waals surface area contributed by atoms with Crippen LogP contribution in [0, 0.1) is 5.82 Å². The van der Waals surface area contributed by atoms with Crippen molar-refractivity contribution >= 4 is 54.6 Å². The molecule has 0 radical (unpaired) electrons. The number of nitrogens with one attached hydrogen (secondary N) is 2. The van der Waals surface area contributed by atoms with Crippen molar-refractivity contribution in [3.63, 3.8) is 0 Å². The van der Waals surface area contributed by atoms with Gasteiger partial charge in [0.1, 0.15) is 4.90 Å². The van der Waals surface area contributed by atoms with Crippen LogP contribution in [0.2, 0.25) is 5.02 Å². The third-order valence-corrected chi connectivity index (χ3v) is 5.97. The van der Waals surface area contributed by atoms with E-state index in [0.717, 1.165) is 17.4 Å². The second-order valence-corrected chi connectivity index (χ2v) is 7.67. The van der Waals surface area contributed by atoms with E-state index in [1.165, 1.54) is 5.38 Å². The molecule has 0 spiro atoms. The smallest absolute Gasteiger partial charge is 0.304 e. The van der Waals surface area contributed by atoms with Gasteiger partial charge >= 0.3 is 4.87 Å². The lowest BCUT2D eigenvalue weighted by Gasteiger charge is -2.10. The van der Waals surface area contributed by atoms with Crippen LogP contribution in [0.5, 0.6) is 0 Å². The van der Waals surface area contributed by atoms with E-state index in [0.29, 0.717) is 5.69 Å². The Hall–Kier alpha value is -0.940. The molecule has 21 heavy (non-hydrogen) atoms. The summed E-state index contributed by atoms with van der Waals surface area (Å²) in [5.74, 6) is -1.10. The third kappa shape index (κ3) is 3.46. The molecule has 4 N–H and O–H groups in total. The van der Waals surface area contributed by atoms with E-state index >= 15 is 0 Å². The van der Waals surface area contributed by atoms with Gasteiger partial charge in [0, 0.05) is 11.1 Å². The molecule has 0 amide bonds. The molecule has 0 saturated carbocycles. The Balaban J connectivity index is 2.34. The molecule has 1 heterocycles. The lowest BCUT2D eigenvalue weighted by Crippen LogP contribution is -2.25. The summed E-state index contributed by atoms with van der Waals surface area (Å²) in [7, 11) is -4.17. The standard InChI is InChI=1S/C10H8BrClFN3O3S2/c11-7-5(12)1-6(8(13)9(7)14)21(18,19)15-2-4-3-20-10(17)16-4/h1,3,15H,2,14H2,(H,16,17). The maximum absolute atomic E-state index is 14.0. The van der Waals surface area contributed by atoms with Crippen LogP contribution in [-0.4, -0.2) is 13.4 Å². The number of hydrogen-bond acceptors (Lipinski definition) is 5. The lowest BCUT2D eigenvalue weighted by atomic mass is 10.3. The van der Waals surface area contributed by atoms with E-state index in [1.54, 1.807) is 0 Å². The quantitative estimate of drug-likeness (QED) is 0.524. The fraction of sp³-hybridized carbons (Fsp3) is 0.100. The minimum atomic E-state index is -4.17. The highest BCUT2D eigenvalue weighted by molar-refractivity contribution is 9.10. The number of hydrogen-bond donors (Lipinski definition) is 3. The van der Waals surface area contributed by atoms with Gasteiger partial charge in [-0.1, -0.05) is 22.9 Å². The maximum atomic E-state index is 14.0. The summed E-state index contributed by atoms with van der Waals surface area (Å²) < 4.78 is 40.4. The Morgan fingerprint density at radius 2 is 2.19 bits per heavy atom. The number of nitrogens with two attached hydrogens (primary N) is 1. The van der Waals surface area contributed by atoms with Crippen molar-refractivity contribution in [2.75, 3.05) is 5.73 Å². The molecule has 6 nitrogen and oxygen atoms in total. The summed E-state index contributed by atoms with van der Waals surface area (Å²) in [5, 5.41) is 1.43. The molecule has 0 atom stereocenters. The second kappa shape index (κ2) is 6.05. The third-order valence-electron chi connectivity index (χ3n) is 2.47. The van der Waals surface area contributed by atoms with Crippen LogP contribution in [0.1, 0.15) is 5.69 Å². The topological polar surface area (TPSA) is 105 Å². The summed E-state index contributed by atoms with van der Waals surface area (Å²) in [4.78, 5) is 12.4. The zero-order chi connectivity index (χ0) is 15.8. The molecule has 0 bridgehead atoms. The molecule has 11 heteroatoms. The molecule has 1 aromatic carbocycles. The molecule has 2 aromatic rings. The summed E-state index contributed by atoms with van der Waals surface area (Å²) in [6, 6.07) is 0.954. The Bertz CT molecular complexity index is 850. The minimum absolute atomic E-state index is 0.0294. The number of anilines is 1. The van der Waals surface area contributed by atoms with Crippen LogP contribution < -0.4 is 15.3 Å². The van der Waals surface area contributed by atoms with Crippen molar-refractivity contribution in [3.05, 3.63) is 42.1 Å². The van der Waals surface area contributed by atoms with Crippen LogP contribution in [0.3, 0.4) is 0 Å². The Morgan fingerprint density at radius 1 is 1.52 bits per heavy atom. The molecule has 0 aliphatic heterocycles. The average Bonchev–Trinajstić information content (AvgIpc) is 2.84. The Labute approximate surface area is 136 Å². The van der Waals surface area contributed by atoms with E-state index in [2.05, 4.69) is 25.6 Å². The molecule has 0 fully saturated rings. The van der Waals surface area contributed by atoms with Crippen molar-refractivity contribution in [1.29, 1.82) is 0 Å². The van der Waals surface area contributed by atoms with Crippen LogP contribution >= 0.6 is 38.9 Å². The fourth-order valence-electron chi connectivity index (χ4n) is 1.45. The molecule has 0 aliphatic carbocycles. The summed E-state index contributed by atoms with van der Waals surface area (Å²) in [5.41, 5.74) is 5.42. The highest BCUT2D eigenvalue weighted by atomic mass is 79.9. The number of benzene rings is 1. The average molecular weight is 417 g/mol. The maximum Gasteiger partial charge on any atom is 0.304 e. The van der Waals surface area contributed by atoms with Crippen molar-refractivity contribution in [3.8, 4) is 0 Å². The Morgan fingerprint density at radius 3 is 2.76 bits per heavy atom. The van der Waals surface area contributed by atoms with E-state index in [9.17, 15) is 17.6 Å². The summed E-state index contributed by atoms with van der Waals surface area (Å²) in [6.45, 7) is -0.186. The SMILES string of the molecule is Nc1c(F)c(S(=O)(=O)NCc2csc(=O)[nH]2)cc(Cl)c1Br. The summed E-state index contributed by atoms with van der Waals surface area (Å²) in [6.07, 6.45) is 0. The number of sulfonamides is 1.